The Balaban J connectivity index is 2.33. The van der Waals surface area contributed by atoms with Gasteiger partial charge < -0.3 is 20.5 Å². The summed E-state index contributed by atoms with van der Waals surface area (Å²) in [5, 5.41) is 3.19. The molecule has 0 atom stereocenters. The Kier molecular flexibility index (Phi) is 3.75. The summed E-state index contributed by atoms with van der Waals surface area (Å²) >= 11 is 0. The van der Waals surface area contributed by atoms with E-state index in [1.807, 2.05) is 37.3 Å². The molecule has 0 saturated carbocycles. The lowest BCUT2D eigenvalue weighted by molar-refractivity contribution is 0.405. The third-order valence-electron chi connectivity index (χ3n) is 2.80. The molecule has 1 aromatic carbocycles. The van der Waals surface area contributed by atoms with Crippen molar-refractivity contribution in [1.29, 1.82) is 0 Å². The average Bonchev–Trinajstić information content (AvgIpc) is 2.43. The van der Waals surface area contributed by atoms with Crippen molar-refractivity contribution in [3.8, 4) is 11.5 Å². The first kappa shape index (κ1) is 13.0. The molecule has 19 heavy (non-hydrogen) atoms. The molecule has 0 aliphatic carbocycles. The van der Waals surface area contributed by atoms with E-state index in [-0.39, 0.29) is 0 Å². The van der Waals surface area contributed by atoms with Crippen molar-refractivity contribution in [3.63, 3.8) is 0 Å². The van der Waals surface area contributed by atoms with Crippen LogP contribution in [0.1, 0.15) is 5.69 Å². The van der Waals surface area contributed by atoms with Gasteiger partial charge in [-0.3, -0.25) is 0 Å². The molecule has 0 unspecified atom stereocenters. The van der Waals surface area contributed by atoms with Gasteiger partial charge in [-0.15, -0.1) is 0 Å². The monoisotopic (exact) mass is 259 g/mol. The van der Waals surface area contributed by atoms with Gasteiger partial charge in [-0.05, 0) is 31.2 Å². The van der Waals surface area contributed by atoms with E-state index in [1.54, 1.807) is 14.2 Å². The second-order valence-corrected chi connectivity index (χ2v) is 4.06. The first-order valence-corrected chi connectivity index (χ1v) is 5.86. The van der Waals surface area contributed by atoms with E-state index in [9.17, 15) is 0 Å². The highest BCUT2D eigenvalue weighted by Crippen LogP contribution is 2.31. The number of pyridine rings is 1. The van der Waals surface area contributed by atoms with Gasteiger partial charge in [-0.25, -0.2) is 4.98 Å². The fourth-order valence-corrected chi connectivity index (χ4v) is 1.69. The zero-order valence-corrected chi connectivity index (χ0v) is 11.2. The number of anilines is 3. The Morgan fingerprint density at radius 3 is 2.53 bits per heavy atom. The predicted molar refractivity (Wildman–Crippen MR) is 76.2 cm³/mol. The second-order valence-electron chi connectivity index (χ2n) is 4.06. The number of nitrogens with one attached hydrogen (secondary N) is 1. The summed E-state index contributed by atoms with van der Waals surface area (Å²) in [5.74, 6) is 2.17. The Hall–Kier alpha value is -2.43. The smallest absolute Gasteiger partial charge is 0.142 e. The molecule has 2 rings (SSSR count). The number of hydrogen-bond acceptors (Lipinski definition) is 5. The molecule has 100 valence electrons. The number of nitrogen functional groups attached to an aromatic ring is 1. The zero-order chi connectivity index (χ0) is 13.8. The van der Waals surface area contributed by atoms with E-state index < -0.39 is 0 Å². The van der Waals surface area contributed by atoms with E-state index in [0.717, 1.165) is 22.9 Å². The molecule has 0 amide bonds. The van der Waals surface area contributed by atoms with Crippen LogP contribution in [0.3, 0.4) is 0 Å². The Morgan fingerprint density at radius 2 is 1.89 bits per heavy atom. The fourth-order valence-electron chi connectivity index (χ4n) is 1.69. The summed E-state index contributed by atoms with van der Waals surface area (Å²) in [5.41, 5.74) is 7.99. The van der Waals surface area contributed by atoms with Crippen molar-refractivity contribution in [3.05, 3.63) is 36.0 Å². The van der Waals surface area contributed by atoms with Crippen LogP contribution >= 0.6 is 0 Å². The highest BCUT2D eigenvalue weighted by molar-refractivity contribution is 5.67. The topological polar surface area (TPSA) is 69.4 Å². The second kappa shape index (κ2) is 5.48. The molecule has 0 spiro atoms. The number of benzene rings is 1. The lowest BCUT2D eigenvalue weighted by atomic mass is 10.2. The van der Waals surface area contributed by atoms with Crippen molar-refractivity contribution in [2.75, 3.05) is 25.3 Å². The molecule has 0 aliphatic rings. The first-order valence-electron chi connectivity index (χ1n) is 5.86. The molecule has 1 aromatic heterocycles. The SMILES string of the molecule is COc1ccc(OC)c(Nc2ccc(N)c(C)n2)c1. The summed E-state index contributed by atoms with van der Waals surface area (Å²) in [6, 6.07) is 9.17. The van der Waals surface area contributed by atoms with Gasteiger partial charge in [0.1, 0.15) is 17.3 Å². The molecule has 0 saturated heterocycles. The quantitative estimate of drug-likeness (QED) is 0.883. The Morgan fingerprint density at radius 1 is 1.11 bits per heavy atom. The number of ether oxygens (including phenoxy) is 2. The van der Waals surface area contributed by atoms with Crippen LogP contribution in [-0.4, -0.2) is 19.2 Å². The number of aryl methyl sites for hydroxylation is 1. The van der Waals surface area contributed by atoms with Crippen LogP contribution in [0, 0.1) is 6.92 Å². The minimum Gasteiger partial charge on any atom is -0.497 e. The van der Waals surface area contributed by atoms with Crippen LogP contribution < -0.4 is 20.5 Å². The van der Waals surface area contributed by atoms with Gasteiger partial charge in [0.25, 0.3) is 0 Å². The van der Waals surface area contributed by atoms with Gasteiger partial charge >= 0.3 is 0 Å². The summed E-state index contributed by atoms with van der Waals surface area (Å²) in [6.45, 7) is 1.86. The van der Waals surface area contributed by atoms with E-state index in [4.69, 9.17) is 15.2 Å². The normalized spacial score (nSPS) is 10.1. The van der Waals surface area contributed by atoms with Gasteiger partial charge in [-0.2, -0.15) is 0 Å². The Bertz CT molecular complexity index is 585. The van der Waals surface area contributed by atoms with Crippen LogP contribution in [0.5, 0.6) is 11.5 Å². The number of nitrogens with zero attached hydrogens (tertiary/aromatic N) is 1. The van der Waals surface area contributed by atoms with Crippen molar-refractivity contribution in [2.45, 2.75) is 6.92 Å². The number of hydrogen-bond donors (Lipinski definition) is 2. The van der Waals surface area contributed by atoms with Gasteiger partial charge in [0.15, 0.2) is 0 Å². The van der Waals surface area contributed by atoms with E-state index in [1.165, 1.54) is 0 Å². The number of methoxy groups -OCH3 is 2. The Labute approximate surface area is 112 Å². The molecule has 1 heterocycles. The maximum absolute atomic E-state index is 5.75. The third-order valence-corrected chi connectivity index (χ3v) is 2.80. The van der Waals surface area contributed by atoms with E-state index in [0.29, 0.717) is 11.5 Å². The first-order chi connectivity index (χ1) is 9.13. The van der Waals surface area contributed by atoms with Crippen molar-refractivity contribution in [1.82, 2.24) is 4.98 Å². The van der Waals surface area contributed by atoms with Crippen molar-refractivity contribution >= 4 is 17.2 Å². The zero-order valence-electron chi connectivity index (χ0n) is 11.2. The van der Waals surface area contributed by atoms with Gasteiger partial charge in [0.2, 0.25) is 0 Å². The minimum atomic E-state index is 0.670. The lowest BCUT2D eigenvalue weighted by Crippen LogP contribution is -2.00. The molecule has 0 aliphatic heterocycles. The summed E-state index contributed by atoms with van der Waals surface area (Å²) in [6.07, 6.45) is 0. The molecular formula is C14H17N3O2. The lowest BCUT2D eigenvalue weighted by Gasteiger charge is -2.12. The van der Waals surface area contributed by atoms with Crippen LogP contribution in [0.25, 0.3) is 0 Å². The minimum absolute atomic E-state index is 0.670. The number of nitrogens with two attached hydrogens (primary N) is 1. The van der Waals surface area contributed by atoms with Gasteiger partial charge in [0.05, 0.1) is 31.3 Å². The molecular weight excluding hydrogens is 242 g/mol. The van der Waals surface area contributed by atoms with E-state index >= 15 is 0 Å². The fraction of sp³-hybridized carbons (Fsp3) is 0.214. The van der Waals surface area contributed by atoms with E-state index in [2.05, 4.69) is 10.3 Å². The third kappa shape index (κ3) is 2.88. The summed E-state index contributed by atoms with van der Waals surface area (Å²) < 4.78 is 10.5. The van der Waals surface area contributed by atoms with Crippen LogP contribution in [0.4, 0.5) is 17.2 Å². The maximum Gasteiger partial charge on any atom is 0.142 e. The highest BCUT2D eigenvalue weighted by Gasteiger charge is 2.06. The summed E-state index contributed by atoms with van der Waals surface area (Å²) in [7, 11) is 3.24. The maximum atomic E-state index is 5.75. The molecule has 5 heteroatoms. The molecule has 5 nitrogen and oxygen atoms in total. The van der Waals surface area contributed by atoms with Gasteiger partial charge in [-0.1, -0.05) is 0 Å². The molecule has 0 radical (unpaired) electrons. The molecule has 0 bridgehead atoms. The van der Waals surface area contributed by atoms with Crippen molar-refractivity contribution < 1.29 is 9.47 Å². The average molecular weight is 259 g/mol. The molecule has 2 aromatic rings. The van der Waals surface area contributed by atoms with Gasteiger partial charge in [0, 0.05) is 6.07 Å². The van der Waals surface area contributed by atoms with Crippen LogP contribution in [0.2, 0.25) is 0 Å². The number of aromatic nitrogens is 1. The van der Waals surface area contributed by atoms with Crippen LogP contribution in [-0.2, 0) is 0 Å². The predicted octanol–water partition coefficient (Wildman–Crippen LogP) is 2.73. The largest absolute Gasteiger partial charge is 0.497 e. The molecule has 3 N–H and O–H groups in total. The van der Waals surface area contributed by atoms with Crippen LogP contribution in [0.15, 0.2) is 30.3 Å². The number of rotatable bonds is 4. The molecule has 0 fully saturated rings. The standard InChI is InChI=1S/C14H17N3O2/c1-9-11(15)5-7-14(16-9)17-12-8-10(18-2)4-6-13(12)19-3/h4-8H,15H2,1-3H3,(H,16,17). The van der Waals surface area contributed by atoms with Crippen molar-refractivity contribution in [2.24, 2.45) is 0 Å². The summed E-state index contributed by atoms with van der Waals surface area (Å²) in [4.78, 5) is 4.37. The highest BCUT2D eigenvalue weighted by atomic mass is 16.5.